The minimum atomic E-state index is -0.840. The maximum atomic E-state index is 13.4. The number of nitrogens with zero attached hydrogens (tertiary/aromatic N) is 2. The van der Waals surface area contributed by atoms with Gasteiger partial charge in [0.2, 0.25) is 0 Å². The molecule has 0 radical (unpaired) electrons. The van der Waals surface area contributed by atoms with E-state index in [1.165, 1.54) is 23.3 Å². The maximum absolute atomic E-state index is 13.4. The number of hydrogen-bond donors (Lipinski definition) is 0. The van der Waals surface area contributed by atoms with Crippen molar-refractivity contribution in [2.24, 2.45) is 0 Å². The zero-order chi connectivity index (χ0) is 22.1. The second-order valence-corrected chi connectivity index (χ2v) is 9.18. The van der Waals surface area contributed by atoms with Crippen LogP contribution < -0.4 is 4.90 Å². The number of fused-ring (bicyclic) bond motifs is 1. The van der Waals surface area contributed by atoms with Gasteiger partial charge >= 0.3 is 5.97 Å². The lowest BCUT2D eigenvalue weighted by Crippen LogP contribution is -2.52. The van der Waals surface area contributed by atoms with E-state index in [1.807, 2.05) is 12.1 Å². The highest BCUT2D eigenvalue weighted by Crippen LogP contribution is 2.45. The van der Waals surface area contributed by atoms with Crippen molar-refractivity contribution >= 4 is 51.4 Å². The van der Waals surface area contributed by atoms with Gasteiger partial charge in [-0.15, -0.1) is 17.9 Å². The van der Waals surface area contributed by atoms with Crippen LogP contribution in [0.4, 0.5) is 5.00 Å². The molecule has 6 nitrogen and oxygen atoms in total. The fourth-order valence-electron chi connectivity index (χ4n) is 4.12. The SMILES string of the molecule is C=CCN1C(=O)c2sc(N3CCOCC3)cc2[C@@H](c2ccc(Cl)c(Cl)c2)[C@@H]1C(=O)OC. The quantitative estimate of drug-likeness (QED) is 0.473. The summed E-state index contributed by atoms with van der Waals surface area (Å²) in [7, 11) is 1.33. The van der Waals surface area contributed by atoms with Crippen LogP contribution in [0.25, 0.3) is 0 Å². The Labute approximate surface area is 194 Å². The number of halogens is 2. The first-order valence-electron chi connectivity index (χ1n) is 9.87. The fourth-order valence-corrected chi connectivity index (χ4v) is 5.64. The number of morpholine rings is 1. The average molecular weight is 481 g/mol. The molecule has 9 heteroatoms. The van der Waals surface area contributed by atoms with Crippen molar-refractivity contribution in [1.29, 1.82) is 0 Å². The van der Waals surface area contributed by atoms with Gasteiger partial charge in [0.15, 0.2) is 0 Å². The third kappa shape index (κ3) is 4.07. The predicted molar refractivity (Wildman–Crippen MR) is 123 cm³/mol. The van der Waals surface area contributed by atoms with Crippen LogP contribution in [0.2, 0.25) is 10.0 Å². The van der Waals surface area contributed by atoms with Gasteiger partial charge in [0.1, 0.15) is 6.04 Å². The Hall–Kier alpha value is -2.06. The lowest BCUT2D eigenvalue weighted by molar-refractivity contribution is -0.146. The van der Waals surface area contributed by atoms with Crippen molar-refractivity contribution in [2.75, 3.05) is 44.9 Å². The number of anilines is 1. The summed E-state index contributed by atoms with van der Waals surface area (Å²) in [5.41, 5.74) is 1.59. The number of methoxy groups -OCH3 is 1. The molecule has 2 atom stereocenters. The smallest absolute Gasteiger partial charge is 0.329 e. The molecule has 31 heavy (non-hydrogen) atoms. The van der Waals surface area contributed by atoms with Crippen molar-refractivity contribution in [1.82, 2.24) is 4.90 Å². The Morgan fingerprint density at radius 3 is 2.68 bits per heavy atom. The number of carbonyl (C=O) groups is 2. The van der Waals surface area contributed by atoms with Crippen molar-refractivity contribution in [3.63, 3.8) is 0 Å². The molecule has 3 heterocycles. The molecule has 1 amide bonds. The molecule has 2 aromatic rings. The van der Waals surface area contributed by atoms with Crippen LogP contribution in [0, 0.1) is 0 Å². The van der Waals surface area contributed by atoms with Crippen LogP contribution in [-0.2, 0) is 14.3 Å². The number of thiophene rings is 1. The van der Waals surface area contributed by atoms with E-state index in [0.717, 1.165) is 29.2 Å². The number of ether oxygens (including phenoxy) is 2. The second-order valence-electron chi connectivity index (χ2n) is 7.33. The topological polar surface area (TPSA) is 59.1 Å². The molecule has 1 saturated heterocycles. The molecule has 0 N–H and O–H groups in total. The summed E-state index contributed by atoms with van der Waals surface area (Å²) >= 11 is 13.9. The van der Waals surface area contributed by atoms with Crippen LogP contribution in [0.3, 0.4) is 0 Å². The Bertz CT molecular complexity index is 1020. The van der Waals surface area contributed by atoms with Gasteiger partial charge in [-0.05, 0) is 29.3 Å². The third-order valence-electron chi connectivity index (χ3n) is 5.58. The van der Waals surface area contributed by atoms with Crippen molar-refractivity contribution in [2.45, 2.75) is 12.0 Å². The number of hydrogen-bond acceptors (Lipinski definition) is 6. The Morgan fingerprint density at radius 2 is 2.03 bits per heavy atom. The first kappa shape index (κ1) is 22.1. The van der Waals surface area contributed by atoms with Gasteiger partial charge in [-0.3, -0.25) is 4.79 Å². The van der Waals surface area contributed by atoms with Gasteiger partial charge in [0.25, 0.3) is 5.91 Å². The molecule has 0 spiro atoms. The highest BCUT2D eigenvalue weighted by molar-refractivity contribution is 7.18. The molecule has 0 unspecified atom stereocenters. The number of carbonyl (C=O) groups excluding carboxylic acids is 2. The van der Waals surface area contributed by atoms with Gasteiger partial charge in [0.05, 0.1) is 40.2 Å². The Balaban J connectivity index is 1.89. The molecule has 1 fully saturated rings. The molecule has 0 aliphatic carbocycles. The molecule has 0 bridgehead atoms. The minimum absolute atomic E-state index is 0.203. The van der Waals surface area contributed by atoms with Gasteiger partial charge in [0, 0.05) is 25.6 Å². The highest BCUT2D eigenvalue weighted by atomic mass is 35.5. The zero-order valence-corrected chi connectivity index (χ0v) is 19.3. The van der Waals surface area contributed by atoms with Crippen molar-refractivity contribution in [3.05, 3.63) is 63.0 Å². The molecule has 2 aliphatic rings. The van der Waals surface area contributed by atoms with E-state index in [0.29, 0.717) is 28.1 Å². The summed E-state index contributed by atoms with van der Waals surface area (Å²) in [6, 6.07) is 6.47. The van der Waals surface area contributed by atoms with Crippen LogP contribution in [0.1, 0.15) is 26.7 Å². The normalized spacial score (nSPS) is 21.1. The van der Waals surface area contributed by atoms with Gasteiger partial charge in [-0.1, -0.05) is 35.3 Å². The van der Waals surface area contributed by atoms with E-state index in [4.69, 9.17) is 32.7 Å². The average Bonchev–Trinajstić information content (AvgIpc) is 3.23. The van der Waals surface area contributed by atoms with E-state index in [-0.39, 0.29) is 12.5 Å². The Morgan fingerprint density at radius 1 is 1.29 bits per heavy atom. The Kier molecular flexibility index (Phi) is 6.57. The summed E-state index contributed by atoms with van der Waals surface area (Å²) in [4.78, 5) is 30.7. The van der Waals surface area contributed by atoms with Gasteiger partial charge < -0.3 is 19.3 Å². The summed E-state index contributed by atoms with van der Waals surface area (Å²) < 4.78 is 10.6. The lowest BCUT2D eigenvalue weighted by Gasteiger charge is -2.39. The van der Waals surface area contributed by atoms with E-state index in [9.17, 15) is 9.59 Å². The first-order chi connectivity index (χ1) is 15.0. The molecule has 4 rings (SSSR count). The van der Waals surface area contributed by atoms with Crippen LogP contribution in [-0.4, -0.2) is 62.8 Å². The molecular formula is C22H22Cl2N2O4S. The minimum Gasteiger partial charge on any atom is -0.467 e. The summed E-state index contributed by atoms with van der Waals surface area (Å²) in [6.07, 6.45) is 1.61. The molecule has 0 saturated carbocycles. The van der Waals surface area contributed by atoms with Crippen molar-refractivity contribution in [3.8, 4) is 0 Å². The zero-order valence-electron chi connectivity index (χ0n) is 17.0. The van der Waals surface area contributed by atoms with E-state index in [1.54, 1.807) is 18.2 Å². The molecule has 2 aliphatic heterocycles. The van der Waals surface area contributed by atoms with E-state index in [2.05, 4.69) is 11.5 Å². The summed E-state index contributed by atoms with van der Waals surface area (Å²) in [5.74, 6) is -1.14. The number of rotatable bonds is 5. The number of amides is 1. The largest absolute Gasteiger partial charge is 0.467 e. The van der Waals surface area contributed by atoms with Crippen LogP contribution in [0.5, 0.6) is 0 Å². The molecule has 1 aromatic heterocycles. The standard InChI is InChI=1S/C22H22Cl2N2O4S/c1-3-6-26-19(22(28)29-2)18(13-4-5-15(23)16(24)11-13)14-12-17(31-20(14)21(26)27)25-7-9-30-10-8-25/h3-5,11-12,18-19H,1,6-10H2,2H3/t18-,19-/m1/s1. The number of benzene rings is 1. The highest BCUT2D eigenvalue weighted by Gasteiger charge is 2.46. The number of esters is 1. The van der Waals surface area contributed by atoms with Gasteiger partial charge in [-0.25, -0.2) is 4.79 Å². The van der Waals surface area contributed by atoms with Gasteiger partial charge in [-0.2, -0.15) is 0 Å². The molecular weight excluding hydrogens is 459 g/mol. The molecule has 1 aromatic carbocycles. The molecule has 164 valence electrons. The first-order valence-corrected chi connectivity index (χ1v) is 11.4. The van der Waals surface area contributed by atoms with Crippen LogP contribution >= 0.6 is 34.5 Å². The lowest BCUT2D eigenvalue weighted by atomic mass is 9.81. The maximum Gasteiger partial charge on any atom is 0.329 e. The fraction of sp³-hybridized carbons (Fsp3) is 0.364. The predicted octanol–water partition coefficient (Wildman–Crippen LogP) is 4.21. The monoisotopic (exact) mass is 480 g/mol. The van der Waals surface area contributed by atoms with Crippen LogP contribution in [0.15, 0.2) is 36.9 Å². The van der Waals surface area contributed by atoms with E-state index < -0.39 is 17.9 Å². The summed E-state index contributed by atoms with van der Waals surface area (Å²) in [5, 5.41) is 1.80. The third-order valence-corrected chi connectivity index (χ3v) is 7.52. The second kappa shape index (κ2) is 9.20. The summed E-state index contributed by atoms with van der Waals surface area (Å²) in [6.45, 7) is 6.77. The van der Waals surface area contributed by atoms with E-state index >= 15 is 0 Å². The van der Waals surface area contributed by atoms with Crippen molar-refractivity contribution < 1.29 is 19.1 Å².